The molecule has 0 radical (unpaired) electrons. The molecule has 2 aromatic rings. The van der Waals surface area contributed by atoms with Crippen molar-refractivity contribution in [1.82, 2.24) is 9.80 Å². The van der Waals surface area contributed by atoms with Crippen molar-refractivity contribution in [2.24, 2.45) is 16.1 Å². The number of aryl methyl sites for hydroxylation is 1. The number of carbonyl (C=O) groups is 2. The number of carbonyl (C=O) groups excluding carboxylic acids is 2. The third-order valence-corrected chi connectivity index (χ3v) is 8.08. The minimum Gasteiger partial charge on any atom is -0.424 e. The lowest BCUT2D eigenvalue weighted by Crippen LogP contribution is -2.56. The summed E-state index contributed by atoms with van der Waals surface area (Å²) >= 11 is 1.59. The summed E-state index contributed by atoms with van der Waals surface area (Å²) in [6, 6.07) is 9.57. The van der Waals surface area contributed by atoms with Crippen LogP contribution in [0.5, 0.6) is 0 Å². The molecule has 2 unspecified atom stereocenters. The van der Waals surface area contributed by atoms with Crippen LogP contribution in [0, 0.1) is 12.3 Å². The van der Waals surface area contributed by atoms with Gasteiger partial charge in [0.05, 0.1) is 16.6 Å². The largest absolute Gasteiger partial charge is 0.424 e. The van der Waals surface area contributed by atoms with Crippen molar-refractivity contribution in [3.05, 3.63) is 45.1 Å². The Kier molecular flexibility index (Phi) is 7.38. The topological polar surface area (TPSA) is 101 Å². The van der Waals surface area contributed by atoms with Crippen molar-refractivity contribution in [3.63, 3.8) is 0 Å². The minimum atomic E-state index is -1.26. The minimum absolute atomic E-state index is 0.547. The Morgan fingerprint density at radius 3 is 2.38 bits per heavy atom. The van der Waals surface area contributed by atoms with Gasteiger partial charge < -0.3 is 25.0 Å². The number of thiophene rings is 1. The number of rotatable bonds is 4. The SMILES string of the molecule is Cc1cc2c(s1)=Nc1ccccc1N(C(=O)OC(C)OC(=O)C(C)(N)C(C)(C)C)C=2N1CCN(C)CC1. The van der Waals surface area contributed by atoms with Gasteiger partial charge in [-0.3, -0.25) is 0 Å². The zero-order chi connectivity index (χ0) is 27.1. The van der Waals surface area contributed by atoms with Gasteiger partial charge in [0.2, 0.25) is 6.29 Å². The van der Waals surface area contributed by atoms with E-state index in [1.165, 1.54) is 6.92 Å². The van der Waals surface area contributed by atoms with Gasteiger partial charge in [-0.25, -0.2) is 19.5 Å². The van der Waals surface area contributed by atoms with Gasteiger partial charge in [0.1, 0.15) is 16.0 Å². The van der Waals surface area contributed by atoms with Crippen LogP contribution in [0.25, 0.3) is 5.82 Å². The zero-order valence-electron chi connectivity index (χ0n) is 22.7. The molecule has 0 bridgehead atoms. The highest BCUT2D eigenvalue weighted by Crippen LogP contribution is 2.35. The van der Waals surface area contributed by atoms with Crippen LogP contribution in [-0.2, 0) is 14.3 Å². The van der Waals surface area contributed by atoms with Crippen LogP contribution in [0.2, 0.25) is 0 Å². The second kappa shape index (κ2) is 10.1. The lowest BCUT2D eigenvalue weighted by molar-refractivity contribution is -0.174. The number of hydrogen-bond donors (Lipinski definition) is 1. The maximum atomic E-state index is 13.9. The van der Waals surface area contributed by atoms with E-state index in [9.17, 15) is 9.59 Å². The van der Waals surface area contributed by atoms with E-state index in [4.69, 9.17) is 20.2 Å². The van der Waals surface area contributed by atoms with Gasteiger partial charge in [-0.1, -0.05) is 32.9 Å². The normalized spacial score (nSPS) is 18.6. The first-order valence-corrected chi connectivity index (χ1v) is 13.3. The van der Waals surface area contributed by atoms with E-state index in [0.29, 0.717) is 11.4 Å². The van der Waals surface area contributed by atoms with Gasteiger partial charge in [-0.15, -0.1) is 11.3 Å². The number of anilines is 1. The van der Waals surface area contributed by atoms with Crippen LogP contribution in [0.4, 0.5) is 16.2 Å². The first-order chi connectivity index (χ1) is 17.3. The summed E-state index contributed by atoms with van der Waals surface area (Å²) in [7, 11) is 2.09. The van der Waals surface area contributed by atoms with Crippen LogP contribution >= 0.6 is 11.3 Å². The molecule has 1 amide bonds. The number of piperazine rings is 1. The number of nitrogens with zero attached hydrogens (tertiary/aromatic N) is 4. The summed E-state index contributed by atoms with van der Waals surface area (Å²) in [6.45, 7) is 14.0. The van der Waals surface area contributed by atoms with Crippen molar-refractivity contribution in [1.29, 1.82) is 0 Å². The molecule has 1 saturated heterocycles. The van der Waals surface area contributed by atoms with E-state index in [1.807, 2.05) is 52.0 Å². The summed E-state index contributed by atoms with van der Waals surface area (Å²) in [4.78, 5) is 38.8. The number of fused-ring (bicyclic) bond motifs is 2. The third kappa shape index (κ3) is 5.37. The number of esters is 1. The highest BCUT2D eigenvalue weighted by Gasteiger charge is 2.43. The van der Waals surface area contributed by atoms with Gasteiger partial charge in [0, 0.05) is 38.0 Å². The molecule has 4 rings (SSSR count). The van der Waals surface area contributed by atoms with Crippen molar-refractivity contribution in [3.8, 4) is 0 Å². The third-order valence-electron chi connectivity index (χ3n) is 7.14. The monoisotopic (exact) mass is 527 g/mol. The van der Waals surface area contributed by atoms with Crippen molar-refractivity contribution < 1.29 is 19.1 Å². The molecule has 1 fully saturated rings. The Balaban J connectivity index is 1.73. The number of benzene rings is 1. The number of nitrogens with two attached hydrogens (primary N) is 1. The molecule has 0 aliphatic carbocycles. The molecule has 1 aromatic heterocycles. The molecule has 2 aliphatic rings. The molecule has 0 spiro atoms. The second-order valence-electron chi connectivity index (χ2n) is 10.9. The van der Waals surface area contributed by atoms with Crippen molar-refractivity contribution in [2.75, 3.05) is 38.1 Å². The van der Waals surface area contributed by atoms with Crippen LogP contribution < -0.4 is 20.5 Å². The molecular formula is C27H37N5O4S. The van der Waals surface area contributed by atoms with Crippen LogP contribution in [0.15, 0.2) is 35.3 Å². The average Bonchev–Trinajstić information content (AvgIpc) is 3.10. The van der Waals surface area contributed by atoms with Gasteiger partial charge in [-0.05, 0) is 44.5 Å². The lowest BCUT2D eigenvalue weighted by atomic mass is 9.76. The Morgan fingerprint density at radius 2 is 1.73 bits per heavy atom. The summed E-state index contributed by atoms with van der Waals surface area (Å²) in [5.74, 6) is 0.0913. The van der Waals surface area contributed by atoms with Gasteiger partial charge >= 0.3 is 12.1 Å². The molecule has 0 saturated carbocycles. The van der Waals surface area contributed by atoms with E-state index in [1.54, 1.807) is 23.2 Å². The molecule has 37 heavy (non-hydrogen) atoms. The lowest BCUT2D eigenvalue weighted by Gasteiger charge is -2.39. The Hall–Kier alpha value is -2.95. The fourth-order valence-electron chi connectivity index (χ4n) is 4.15. The number of ether oxygens (including phenoxy) is 2. The van der Waals surface area contributed by atoms with E-state index in [0.717, 1.165) is 46.8 Å². The highest BCUT2D eigenvalue weighted by molar-refractivity contribution is 7.09. The Bertz CT molecular complexity index is 1300. The summed E-state index contributed by atoms with van der Waals surface area (Å²) in [5.41, 5.74) is 5.74. The predicted octanol–water partition coefficient (Wildman–Crippen LogP) is 2.93. The zero-order valence-corrected chi connectivity index (χ0v) is 23.5. The number of para-hydroxylation sites is 2. The summed E-state index contributed by atoms with van der Waals surface area (Å²) in [6.07, 6.45) is -1.79. The van der Waals surface area contributed by atoms with Gasteiger partial charge in [0.25, 0.3) is 0 Å². The van der Waals surface area contributed by atoms with E-state index >= 15 is 0 Å². The second-order valence-corrected chi connectivity index (χ2v) is 12.2. The smallest absolute Gasteiger partial charge is 0.423 e. The molecule has 2 aliphatic heterocycles. The summed E-state index contributed by atoms with van der Waals surface area (Å²) < 4.78 is 12.1. The standard InChI is InChI=1S/C27H37N5O4S/c1-17-16-19-22(37-17)29-20-10-8-9-11-21(20)32(23(19)31-14-12-30(7)13-15-31)25(34)36-18(2)35-24(33)27(6,28)26(3,4)5/h8-11,16,18H,12-15,28H2,1-7H3. The van der Waals surface area contributed by atoms with E-state index in [-0.39, 0.29) is 0 Å². The van der Waals surface area contributed by atoms with Crippen molar-refractivity contribution in [2.45, 2.75) is 53.4 Å². The van der Waals surface area contributed by atoms with Gasteiger partial charge in [-0.2, -0.15) is 0 Å². The quantitative estimate of drug-likeness (QED) is 0.482. The first kappa shape index (κ1) is 27.1. The first-order valence-electron chi connectivity index (χ1n) is 12.5. The summed E-state index contributed by atoms with van der Waals surface area (Å²) in [5, 5.41) is 0.882. The molecular weight excluding hydrogens is 490 g/mol. The Labute approximate surface area is 222 Å². The molecule has 10 heteroatoms. The average molecular weight is 528 g/mol. The molecule has 2 N–H and O–H groups in total. The van der Waals surface area contributed by atoms with Gasteiger partial charge in [0.15, 0.2) is 0 Å². The number of likely N-dealkylation sites (N-methyl/N-ethyl adjacent to an activating group) is 1. The van der Waals surface area contributed by atoms with Crippen LogP contribution in [0.1, 0.15) is 39.5 Å². The highest BCUT2D eigenvalue weighted by atomic mass is 32.1. The fraction of sp³-hybridized carbons (Fsp3) is 0.519. The predicted molar refractivity (Wildman–Crippen MR) is 145 cm³/mol. The number of amides is 1. The van der Waals surface area contributed by atoms with E-state index in [2.05, 4.69) is 22.9 Å². The Morgan fingerprint density at radius 1 is 1.08 bits per heavy atom. The van der Waals surface area contributed by atoms with E-state index < -0.39 is 29.3 Å². The van der Waals surface area contributed by atoms with Crippen LogP contribution in [0.3, 0.4) is 0 Å². The number of hydrogen-bond acceptors (Lipinski definition) is 9. The molecule has 1 aromatic carbocycles. The molecule has 3 heterocycles. The molecule has 9 nitrogen and oxygen atoms in total. The van der Waals surface area contributed by atoms with Crippen LogP contribution in [-0.4, -0.2) is 66.9 Å². The molecule has 2 atom stereocenters. The maximum absolute atomic E-state index is 13.9. The maximum Gasteiger partial charge on any atom is 0.423 e. The molecule has 200 valence electrons. The van der Waals surface area contributed by atoms with Crippen molar-refractivity contribution >= 4 is 40.6 Å². The fourth-order valence-corrected chi connectivity index (χ4v) is 5.04.